The van der Waals surface area contributed by atoms with E-state index in [0.717, 1.165) is 21.3 Å². The van der Waals surface area contributed by atoms with Gasteiger partial charge in [0.2, 0.25) is 10.0 Å². The monoisotopic (exact) mass is 502 g/mol. The standard InChI is InChI=1S/C24H30N4O4S2/c1-17-15-18(2)22-21(16-17)33-24(25-22)28(10-9-26(3)4)23(29)19-5-7-20(8-6-19)34(30,31)27-11-13-32-14-12-27/h5-8,15-16H,9-14H2,1-4H3. The number of nitrogens with zero attached hydrogens (tertiary/aromatic N) is 4. The van der Waals surface area contributed by atoms with E-state index >= 15 is 0 Å². The molecule has 4 rings (SSSR count). The molecule has 0 atom stereocenters. The van der Waals surface area contributed by atoms with Crippen LogP contribution < -0.4 is 4.90 Å². The van der Waals surface area contributed by atoms with Gasteiger partial charge in [-0.1, -0.05) is 17.4 Å². The van der Waals surface area contributed by atoms with Gasteiger partial charge in [-0.25, -0.2) is 13.4 Å². The molecule has 1 saturated heterocycles. The normalized spacial score (nSPS) is 15.2. The molecule has 0 N–H and O–H groups in total. The first kappa shape index (κ1) is 24.7. The van der Waals surface area contributed by atoms with Crippen LogP contribution in [0.15, 0.2) is 41.3 Å². The average molecular weight is 503 g/mol. The highest BCUT2D eigenvalue weighted by atomic mass is 32.2. The van der Waals surface area contributed by atoms with Crippen LogP contribution in [0.3, 0.4) is 0 Å². The minimum atomic E-state index is -3.61. The van der Waals surface area contributed by atoms with Gasteiger partial charge in [-0.15, -0.1) is 0 Å². The van der Waals surface area contributed by atoms with Crippen molar-refractivity contribution in [3.63, 3.8) is 0 Å². The van der Waals surface area contributed by atoms with Crippen LogP contribution >= 0.6 is 11.3 Å². The minimum absolute atomic E-state index is 0.178. The Morgan fingerprint density at radius 3 is 2.41 bits per heavy atom. The second-order valence-electron chi connectivity index (χ2n) is 8.73. The Morgan fingerprint density at radius 2 is 1.76 bits per heavy atom. The molecule has 0 bridgehead atoms. The first-order valence-corrected chi connectivity index (χ1v) is 13.4. The summed E-state index contributed by atoms with van der Waals surface area (Å²) in [6, 6.07) is 10.4. The third-order valence-corrected chi connectivity index (χ3v) is 8.71. The molecule has 34 heavy (non-hydrogen) atoms. The third-order valence-electron chi connectivity index (χ3n) is 5.77. The van der Waals surface area contributed by atoms with Crippen molar-refractivity contribution in [2.24, 2.45) is 0 Å². The third kappa shape index (κ3) is 5.16. The summed E-state index contributed by atoms with van der Waals surface area (Å²) in [6.07, 6.45) is 0. The van der Waals surface area contributed by atoms with Gasteiger partial charge in [-0.3, -0.25) is 9.69 Å². The molecule has 1 aliphatic heterocycles. The van der Waals surface area contributed by atoms with Crippen molar-refractivity contribution in [2.45, 2.75) is 18.7 Å². The van der Waals surface area contributed by atoms with Gasteiger partial charge in [0.15, 0.2) is 5.13 Å². The number of aromatic nitrogens is 1. The van der Waals surface area contributed by atoms with E-state index in [1.54, 1.807) is 17.0 Å². The number of sulfonamides is 1. The van der Waals surface area contributed by atoms with Crippen LogP contribution in [0.5, 0.6) is 0 Å². The number of thiazole rings is 1. The number of carbonyl (C=O) groups excluding carboxylic acids is 1. The lowest BCUT2D eigenvalue weighted by Gasteiger charge is -2.26. The molecule has 182 valence electrons. The van der Waals surface area contributed by atoms with E-state index in [1.165, 1.54) is 27.8 Å². The highest BCUT2D eigenvalue weighted by Crippen LogP contribution is 2.32. The summed E-state index contributed by atoms with van der Waals surface area (Å²) in [4.78, 5) is 22.2. The van der Waals surface area contributed by atoms with Gasteiger partial charge >= 0.3 is 0 Å². The maximum atomic E-state index is 13.5. The van der Waals surface area contributed by atoms with Crippen molar-refractivity contribution in [1.29, 1.82) is 0 Å². The number of benzene rings is 2. The van der Waals surface area contributed by atoms with Crippen molar-refractivity contribution in [3.8, 4) is 0 Å². The second kappa shape index (κ2) is 10.1. The van der Waals surface area contributed by atoms with E-state index in [4.69, 9.17) is 9.72 Å². The Morgan fingerprint density at radius 1 is 1.09 bits per heavy atom. The fourth-order valence-electron chi connectivity index (χ4n) is 3.92. The fourth-order valence-corrected chi connectivity index (χ4v) is 6.49. The molecule has 1 aromatic heterocycles. The zero-order valence-electron chi connectivity index (χ0n) is 19.9. The molecule has 0 aliphatic carbocycles. The molecule has 1 amide bonds. The number of anilines is 1. The molecule has 1 aliphatic rings. The molecule has 0 spiro atoms. The second-order valence-corrected chi connectivity index (χ2v) is 11.7. The smallest absolute Gasteiger partial charge is 0.260 e. The zero-order chi connectivity index (χ0) is 24.5. The topological polar surface area (TPSA) is 83.1 Å². The number of hydrogen-bond donors (Lipinski definition) is 0. The highest BCUT2D eigenvalue weighted by Gasteiger charge is 2.27. The van der Waals surface area contributed by atoms with Crippen LogP contribution in [0.2, 0.25) is 0 Å². The van der Waals surface area contributed by atoms with E-state index in [1.807, 2.05) is 32.8 Å². The largest absolute Gasteiger partial charge is 0.379 e. The number of amides is 1. The van der Waals surface area contributed by atoms with Gasteiger partial charge in [0.05, 0.1) is 28.3 Å². The number of carbonyl (C=O) groups is 1. The fraction of sp³-hybridized carbons (Fsp3) is 0.417. The number of morpholine rings is 1. The van der Waals surface area contributed by atoms with Gasteiger partial charge in [0.1, 0.15) is 0 Å². The maximum absolute atomic E-state index is 13.5. The molecule has 10 heteroatoms. The van der Waals surface area contributed by atoms with Crippen LogP contribution in [0.4, 0.5) is 5.13 Å². The first-order valence-electron chi connectivity index (χ1n) is 11.2. The highest BCUT2D eigenvalue weighted by molar-refractivity contribution is 7.89. The molecule has 0 radical (unpaired) electrons. The van der Waals surface area contributed by atoms with Crippen LogP contribution in [0.1, 0.15) is 21.5 Å². The zero-order valence-corrected chi connectivity index (χ0v) is 21.6. The molecule has 2 heterocycles. The Kier molecular flexibility index (Phi) is 7.34. The predicted octanol–water partition coefficient (Wildman–Crippen LogP) is 3.14. The Labute approximate surface area is 204 Å². The Bertz CT molecular complexity index is 1280. The molecule has 1 fully saturated rings. The molecule has 0 saturated carbocycles. The predicted molar refractivity (Wildman–Crippen MR) is 135 cm³/mol. The molecule has 8 nitrogen and oxygen atoms in total. The Balaban J connectivity index is 1.63. The van der Waals surface area contributed by atoms with Crippen LogP contribution in [0.25, 0.3) is 10.2 Å². The number of rotatable bonds is 7. The molecule has 0 unspecified atom stereocenters. The van der Waals surface area contributed by atoms with E-state index in [0.29, 0.717) is 50.1 Å². The number of likely N-dealkylation sites (N-methyl/N-ethyl adjacent to an activating group) is 1. The van der Waals surface area contributed by atoms with Crippen molar-refractivity contribution in [2.75, 3.05) is 58.4 Å². The SMILES string of the molecule is Cc1cc(C)c2nc(N(CCN(C)C)C(=O)c3ccc(S(=O)(=O)N4CCOCC4)cc3)sc2c1. The summed E-state index contributed by atoms with van der Waals surface area (Å²) in [5.41, 5.74) is 3.56. The number of aryl methyl sites for hydroxylation is 2. The summed E-state index contributed by atoms with van der Waals surface area (Å²) < 4.78 is 33.6. The molecular weight excluding hydrogens is 472 g/mol. The summed E-state index contributed by atoms with van der Waals surface area (Å²) in [5, 5.41) is 0.639. The molecule has 3 aromatic rings. The van der Waals surface area contributed by atoms with Gasteiger partial charge in [-0.05, 0) is 69.4 Å². The first-order chi connectivity index (χ1) is 16.2. The van der Waals surface area contributed by atoms with Gasteiger partial charge in [0, 0.05) is 31.7 Å². The number of ether oxygens (including phenoxy) is 1. The van der Waals surface area contributed by atoms with Crippen molar-refractivity contribution in [1.82, 2.24) is 14.2 Å². The number of fused-ring (bicyclic) bond motifs is 1. The van der Waals surface area contributed by atoms with Crippen LogP contribution in [0, 0.1) is 13.8 Å². The number of hydrogen-bond acceptors (Lipinski definition) is 7. The quantitative estimate of drug-likeness (QED) is 0.494. The van der Waals surface area contributed by atoms with Crippen LogP contribution in [-0.2, 0) is 14.8 Å². The van der Waals surface area contributed by atoms with Gasteiger partial charge < -0.3 is 9.64 Å². The van der Waals surface area contributed by atoms with Crippen molar-refractivity contribution in [3.05, 3.63) is 53.1 Å². The van der Waals surface area contributed by atoms with E-state index in [2.05, 4.69) is 12.1 Å². The molecule has 2 aromatic carbocycles. The van der Waals surface area contributed by atoms with Crippen molar-refractivity contribution >= 4 is 42.6 Å². The Hall–Kier alpha value is -2.37. The summed E-state index contributed by atoms with van der Waals surface area (Å²) in [6.45, 7) is 6.65. The van der Waals surface area contributed by atoms with Crippen molar-refractivity contribution < 1.29 is 17.9 Å². The van der Waals surface area contributed by atoms with Crippen LogP contribution in [-0.4, -0.2) is 82.0 Å². The van der Waals surface area contributed by atoms with E-state index < -0.39 is 10.0 Å². The summed E-state index contributed by atoms with van der Waals surface area (Å²) >= 11 is 1.50. The lowest BCUT2D eigenvalue weighted by molar-refractivity contribution is 0.0730. The van der Waals surface area contributed by atoms with E-state index in [-0.39, 0.29) is 10.8 Å². The summed E-state index contributed by atoms with van der Waals surface area (Å²) in [5.74, 6) is -0.203. The van der Waals surface area contributed by atoms with Gasteiger partial charge in [0.25, 0.3) is 5.91 Å². The maximum Gasteiger partial charge on any atom is 0.260 e. The van der Waals surface area contributed by atoms with Gasteiger partial charge in [-0.2, -0.15) is 4.31 Å². The lowest BCUT2D eigenvalue weighted by atomic mass is 10.1. The summed E-state index contributed by atoms with van der Waals surface area (Å²) in [7, 11) is 0.303. The minimum Gasteiger partial charge on any atom is -0.379 e. The average Bonchev–Trinajstić information content (AvgIpc) is 3.23. The van der Waals surface area contributed by atoms with E-state index in [9.17, 15) is 13.2 Å². The lowest BCUT2D eigenvalue weighted by Crippen LogP contribution is -2.40. The molecular formula is C24H30N4O4S2.